The first-order chi connectivity index (χ1) is 12.6. The Morgan fingerprint density at radius 2 is 1.58 bits per heavy atom. The number of para-hydroxylation sites is 3. The highest BCUT2D eigenvalue weighted by Gasteiger charge is 2.53. The zero-order valence-electron chi connectivity index (χ0n) is 13.7. The number of hydrogen-bond donors (Lipinski definition) is 2. The van der Waals surface area contributed by atoms with Gasteiger partial charge in [-0.1, -0.05) is 42.5 Å². The molecular formula is C20H17NO5. The smallest absolute Gasteiger partial charge is 0.310 e. The maximum absolute atomic E-state index is 12.8. The lowest BCUT2D eigenvalue weighted by molar-refractivity contribution is -0.145. The molecule has 26 heavy (non-hydrogen) atoms. The molecule has 4 rings (SSSR count). The number of carbonyl (C=O) groups is 2. The molecular weight excluding hydrogens is 334 g/mol. The van der Waals surface area contributed by atoms with Crippen molar-refractivity contribution in [1.29, 1.82) is 0 Å². The zero-order valence-corrected chi connectivity index (χ0v) is 13.7. The monoisotopic (exact) mass is 351 g/mol. The molecule has 0 radical (unpaired) electrons. The van der Waals surface area contributed by atoms with Crippen molar-refractivity contribution in [3.63, 3.8) is 0 Å². The van der Waals surface area contributed by atoms with Crippen LogP contribution in [0.4, 0.5) is 5.69 Å². The summed E-state index contributed by atoms with van der Waals surface area (Å²) in [7, 11) is 0. The third kappa shape index (κ3) is 2.95. The molecule has 2 aromatic rings. The number of amides is 1. The normalized spacial score (nSPS) is 25.8. The topological polar surface area (TPSA) is 84.9 Å². The van der Waals surface area contributed by atoms with E-state index < -0.39 is 35.9 Å². The Hall–Kier alpha value is -3.12. The van der Waals surface area contributed by atoms with Crippen LogP contribution in [-0.2, 0) is 14.3 Å². The number of aliphatic carboxylic acids is 1. The summed E-state index contributed by atoms with van der Waals surface area (Å²) in [6.07, 6.45) is 2.40. The van der Waals surface area contributed by atoms with Gasteiger partial charge in [-0.3, -0.25) is 9.59 Å². The Morgan fingerprint density at radius 1 is 0.923 bits per heavy atom. The lowest BCUT2D eigenvalue weighted by Gasteiger charge is -2.21. The molecule has 2 aromatic carbocycles. The molecule has 2 aliphatic rings. The van der Waals surface area contributed by atoms with Crippen molar-refractivity contribution in [1.82, 2.24) is 0 Å². The third-order valence-corrected chi connectivity index (χ3v) is 4.60. The van der Waals surface area contributed by atoms with Crippen molar-refractivity contribution in [2.45, 2.75) is 12.2 Å². The lowest BCUT2D eigenvalue weighted by atomic mass is 9.82. The fraction of sp³-hybridized carbons (Fsp3) is 0.200. The van der Waals surface area contributed by atoms with Crippen molar-refractivity contribution >= 4 is 17.6 Å². The molecule has 2 aliphatic heterocycles. The van der Waals surface area contributed by atoms with Gasteiger partial charge in [0.15, 0.2) is 5.75 Å². The minimum absolute atomic E-state index is 0.390. The molecule has 6 nitrogen and oxygen atoms in total. The van der Waals surface area contributed by atoms with Crippen LogP contribution < -0.4 is 10.1 Å². The Morgan fingerprint density at radius 3 is 2.31 bits per heavy atom. The molecule has 1 saturated heterocycles. The van der Waals surface area contributed by atoms with Gasteiger partial charge >= 0.3 is 5.97 Å². The minimum Gasteiger partial charge on any atom is -0.481 e. The van der Waals surface area contributed by atoms with E-state index in [-0.39, 0.29) is 0 Å². The number of carboxylic acid groups (broad SMARTS) is 1. The molecule has 0 aromatic heterocycles. The highest BCUT2D eigenvalue weighted by molar-refractivity contribution is 5.97. The molecule has 132 valence electrons. The molecule has 1 amide bonds. The second-order valence-electron chi connectivity index (χ2n) is 6.24. The average molecular weight is 351 g/mol. The van der Waals surface area contributed by atoms with Crippen LogP contribution in [0.1, 0.15) is 0 Å². The van der Waals surface area contributed by atoms with Gasteiger partial charge in [-0.05, 0) is 24.3 Å². The standard InChI is InChI=1S/C20H17NO5/c22-19(17-15-10-11-16(26-15)18(17)20(23)24)21-13-8-4-5-9-14(13)25-12-6-2-1-3-7-12/h1-11,15-18H,(H,21,22)(H,23,24)/t15-,16-,17-,18-/m0/s1. The Balaban J connectivity index is 1.55. The summed E-state index contributed by atoms with van der Waals surface area (Å²) in [6.45, 7) is 0. The van der Waals surface area contributed by atoms with Gasteiger partial charge in [-0.25, -0.2) is 0 Å². The second-order valence-corrected chi connectivity index (χ2v) is 6.24. The first kappa shape index (κ1) is 16.4. The molecule has 1 fully saturated rings. The van der Waals surface area contributed by atoms with Gasteiger partial charge in [0.1, 0.15) is 11.7 Å². The summed E-state index contributed by atoms with van der Waals surface area (Å²) in [5.74, 6) is -1.95. The lowest BCUT2D eigenvalue weighted by Crippen LogP contribution is -2.39. The van der Waals surface area contributed by atoms with Crippen molar-refractivity contribution in [2.75, 3.05) is 5.32 Å². The molecule has 6 heteroatoms. The fourth-order valence-corrected chi connectivity index (χ4v) is 3.41. The van der Waals surface area contributed by atoms with Crippen LogP contribution in [0.15, 0.2) is 66.7 Å². The molecule has 0 saturated carbocycles. The van der Waals surface area contributed by atoms with E-state index in [1.165, 1.54) is 0 Å². The number of rotatable bonds is 5. The number of ether oxygens (including phenoxy) is 2. The Labute approximate surface area is 150 Å². The van der Waals surface area contributed by atoms with Gasteiger partial charge in [-0.15, -0.1) is 0 Å². The number of carbonyl (C=O) groups excluding carboxylic acids is 1. The highest BCUT2D eigenvalue weighted by atomic mass is 16.5. The number of hydrogen-bond acceptors (Lipinski definition) is 4. The average Bonchev–Trinajstić information content (AvgIpc) is 3.25. The van der Waals surface area contributed by atoms with Crippen LogP contribution >= 0.6 is 0 Å². The van der Waals surface area contributed by atoms with Crippen molar-refractivity contribution in [3.8, 4) is 11.5 Å². The maximum Gasteiger partial charge on any atom is 0.310 e. The Bertz CT molecular complexity index is 864. The minimum atomic E-state index is -1.03. The third-order valence-electron chi connectivity index (χ3n) is 4.60. The van der Waals surface area contributed by atoms with Crippen molar-refractivity contribution in [2.24, 2.45) is 11.8 Å². The second kappa shape index (κ2) is 6.65. The van der Waals surface area contributed by atoms with Crippen molar-refractivity contribution < 1.29 is 24.2 Å². The van der Waals surface area contributed by atoms with Gasteiger partial charge in [0.05, 0.1) is 23.8 Å². The van der Waals surface area contributed by atoms with Gasteiger partial charge in [0, 0.05) is 0 Å². The summed E-state index contributed by atoms with van der Waals surface area (Å²) in [4.78, 5) is 24.3. The quantitative estimate of drug-likeness (QED) is 0.809. The molecule has 0 aliphatic carbocycles. The fourth-order valence-electron chi connectivity index (χ4n) is 3.41. The largest absolute Gasteiger partial charge is 0.481 e. The van der Waals surface area contributed by atoms with E-state index in [2.05, 4.69) is 5.32 Å². The summed E-state index contributed by atoms with van der Waals surface area (Å²) in [6, 6.07) is 16.3. The van der Waals surface area contributed by atoms with E-state index in [0.29, 0.717) is 17.2 Å². The van der Waals surface area contributed by atoms with Gasteiger partial charge in [0.2, 0.25) is 5.91 Å². The molecule has 2 bridgehead atoms. The van der Waals surface area contributed by atoms with E-state index in [9.17, 15) is 14.7 Å². The Kier molecular flexibility index (Phi) is 4.18. The highest BCUT2D eigenvalue weighted by Crippen LogP contribution is 2.40. The van der Waals surface area contributed by atoms with E-state index >= 15 is 0 Å². The first-order valence-electron chi connectivity index (χ1n) is 8.33. The molecule has 0 spiro atoms. The number of benzene rings is 2. The number of fused-ring (bicyclic) bond motifs is 2. The summed E-state index contributed by atoms with van der Waals surface area (Å²) < 4.78 is 11.4. The van der Waals surface area contributed by atoms with Crippen LogP contribution in [0.3, 0.4) is 0 Å². The van der Waals surface area contributed by atoms with Crippen molar-refractivity contribution in [3.05, 3.63) is 66.7 Å². The van der Waals surface area contributed by atoms with E-state index in [0.717, 1.165) is 0 Å². The number of nitrogens with one attached hydrogen (secondary N) is 1. The molecule has 0 unspecified atom stereocenters. The van der Waals surface area contributed by atoms with Crippen LogP contribution in [-0.4, -0.2) is 29.2 Å². The summed E-state index contributed by atoms with van der Waals surface area (Å²) in [5.41, 5.74) is 0.484. The van der Waals surface area contributed by atoms with Crippen LogP contribution in [0.2, 0.25) is 0 Å². The predicted molar refractivity (Wildman–Crippen MR) is 94.0 cm³/mol. The van der Waals surface area contributed by atoms with Gasteiger partial charge in [0.25, 0.3) is 0 Å². The molecule has 2 N–H and O–H groups in total. The number of anilines is 1. The van der Waals surface area contributed by atoms with Gasteiger partial charge < -0.3 is 19.9 Å². The number of carboxylic acids is 1. The van der Waals surface area contributed by atoms with Crippen LogP contribution in [0.5, 0.6) is 11.5 Å². The molecule has 4 atom stereocenters. The summed E-state index contributed by atoms with van der Waals surface area (Å²) in [5, 5.41) is 12.3. The zero-order chi connectivity index (χ0) is 18.1. The van der Waals surface area contributed by atoms with Gasteiger partial charge in [-0.2, -0.15) is 0 Å². The summed E-state index contributed by atoms with van der Waals surface area (Å²) >= 11 is 0. The van der Waals surface area contributed by atoms with Crippen LogP contribution in [0.25, 0.3) is 0 Å². The predicted octanol–water partition coefficient (Wildman–Crippen LogP) is 3.07. The first-order valence-corrected chi connectivity index (χ1v) is 8.33. The van der Waals surface area contributed by atoms with Crippen LogP contribution in [0, 0.1) is 11.8 Å². The SMILES string of the molecule is O=C(O)[C@@H]1[C@@H](C(=O)Nc2ccccc2Oc2ccccc2)[C@@H]2C=C[C@@H]1O2. The van der Waals surface area contributed by atoms with E-state index in [4.69, 9.17) is 9.47 Å². The van der Waals surface area contributed by atoms with E-state index in [1.54, 1.807) is 36.4 Å². The molecule has 2 heterocycles. The van der Waals surface area contributed by atoms with E-state index in [1.807, 2.05) is 30.3 Å². The maximum atomic E-state index is 12.8.